The summed E-state index contributed by atoms with van der Waals surface area (Å²) in [6.45, 7) is 8.04. The number of hydrogen-bond donors (Lipinski definition) is 1. The molecule has 35 heavy (non-hydrogen) atoms. The van der Waals surface area contributed by atoms with Crippen LogP contribution in [0.2, 0.25) is 0 Å². The number of aliphatic hydroxyl groups is 1. The van der Waals surface area contributed by atoms with Crippen LogP contribution in [0.4, 0.5) is 5.69 Å². The van der Waals surface area contributed by atoms with Crippen molar-refractivity contribution in [2.45, 2.75) is 55.7 Å². The maximum Gasteiger partial charge on any atom is 0.311 e. The van der Waals surface area contributed by atoms with Crippen molar-refractivity contribution in [3.05, 3.63) is 53.6 Å². The maximum absolute atomic E-state index is 14.4. The molecule has 5 rings (SSSR count). The van der Waals surface area contributed by atoms with Gasteiger partial charge in [-0.05, 0) is 45.2 Å². The summed E-state index contributed by atoms with van der Waals surface area (Å²) in [4.78, 5) is 45.1. The fourth-order valence-corrected chi connectivity index (χ4v) is 8.56. The minimum atomic E-state index is -0.948. The van der Waals surface area contributed by atoms with Gasteiger partial charge < -0.3 is 19.6 Å². The number of likely N-dealkylation sites (tertiary alicyclic amines) is 1. The highest BCUT2D eigenvalue weighted by atomic mass is 32.2. The number of aryl methyl sites for hydroxylation is 2. The van der Waals surface area contributed by atoms with Gasteiger partial charge in [-0.1, -0.05) is 42.5 Å². The second kappa shape index (κ2) is 8.52. The maximum atomic E-state index is 14.4. The number of aliphatic hydroxyl groups excluding tert-OH is 1. The molecule has 6 atom stereocenters. The van der Waals surface area contributed by atoms with Crippen LogP contribution in [0.5, 0.6) is 0 Å². The first-order valence-electron chi connectivity index (χ1n) is 12.2. The van der Waals surface area contributed by atoms with Gasteiger partial charge in [0, 0.05) is 17.0 Å². The number of ether oxygens (including phenoxy) is 1. The van der Waals surface area contributed by atoms with Crippen molar-refractivity contribution >= 4 is 35.2 Å². The number of carbonyl (C=O) groups excluding carboxylic acids is 3. The molecule has 0 aromatic heterocycles. The molecule has 2 fully saturated rings. The molecule has 186 valence electrons. The molecule has 7 nitrogen and oxygen atoms in total. The lowest BCUT2D eigenvalue weighted by Crippen LogP contribution is -2.56. The number of cyclic esters (lactones) is 1. The zero-order chi connectivity index (χ0) is 25.1. The normalized spacial score (nSPS) is 35.1. The minimum absolute atomic E-state index is 0.189. The van der Waals surface area contributed by atoms with E-state index in [1.54, 1.807) is 11.8 Å². The smallest absolute Gasteiger partial charge is 0.311 e. The third kappa shape index (κ3) is 3.40. The van der Waals surface area contributed by atoms with E-state index in [1.807, 2.05) is 63.3 Å². The highest BCUT2D eigenvalue weighted by molar-refractivity contribution is 8.02. The lowest BCUT2D eigenvalue weighted by atomic mass is 9.74. The Morgan fingerprint density at radius 2 is 1.83 bits per heavy atom. The summed E-state index contributed by atoms with van der Waals surface area (Å²) in [6.07, 6.45) is 8.58. The van der Waals surface area contributed by atoms with E-state index < -0.39 is 39.4 Å². The molecule has 1 aromatic carbocycles. The van der Waals surface area contributed by atoms with E-state index in [0.717, 1.165) is 16.8 Å². The van der Waals surface area contributed by atoms with Crippen molar-refractivity contribution in [3.63, 3.8) is 0 Å². The summed E-state index contributed by atoms with van der Waals surface area (Å²) < 4.78 is 3.91. The van der Waals surface area contributed by atoms with Gasteiger partial charge in [-0.3, -0.25) is 14.4 Å². The average molecular weight is 497 g/mol. The highest BCUT2D eigenvalue weighted by Crippen LogP contribution is 2.65. The summed E-state index contributed by atoms with van der Waals surface area (Å²) >= 11 is 1.52. The number of benzene rings is 1. The Kier molecular flexibility index (Phi) is 5.87. The zero-order valence-corrected chi connectivity index (χ0v) is 21.4. The largest absolute Gasteiger partial charge is 0.465 e. The number of thioether (sulfide) groups is 1. The van der Waals surface area contributed by atoms with Gasteiger partial charge in [0.1, 0.15) is 6.04 Å². The molecule has 2 saturated heterocycles. The van der Waals surface area contributed by atoms with Crippen LogP contribution in [0.1, 0.15) is 31.4 Å². The number of hydrogen-bond acceptors (Lipinski definition) is 6. The van der Waals surface area contributed by atoms with Crippen molar-refractivity contribution in [1.29, 1.82) is 0 Å². The highest BCUT2D eigenvalue weighted by Gasteiger charge is 2.74. The summed E-state index contributed by atoms with van der Waals surface area (Å²) in [5.74, 6) is -2.34. The standard InChI is InChI=1S/C27H32N2O5S/c1-16-9-7-10-17(2)21(16)28-13-8-12-27-19(23(31)29(18(3)15-30)22(27)24(28)32)20-25(33)34-14-6-5-11-26(20,4)35-27/h5,7-12,18-20,22,30H,6,13-15H2,1-4H3/t18-,19+,20+,22?,26-,27+/m1/s1. The van der Waals surface area contributed by atoms with Crippen LogP contribution >= 0.6 is 11.8 Å². The van der Waals surface area contributed by atoms with Crippen molar-refractivity contribution in [1.82, 2.24) is 4.90 Å². The van der Waals surface area contributed by atoms with Crippen molar-refractivity contribution in [3.8, 4) is 0 Å². The Morgan fingerprint density at radius 3 is 2.51 bits per heavy atom. The van der Waals surface area contributed by atoms with Gasteiger partial charge >= 0.3 is 5.97 Å². The number of nitrogens with zero attached hydrogens (tertiary/aromatic N) is 2. The van der Waals surface area contributed by atoms with Gasteiger partial charge in [0.2, 0.25) is 5.91 Å². The van der Waals surface area contributed by atoms with E-state index in [9.17, 15) is 19.5 Å². The van der Waals surface area contributed by atoms with E-state index in [-0.39, 0.29) is 25.0 Å². The number of para-hydroxylation sites is 1. The fraction of sp³-hybridized carbons (Fsp3) is 0.519. The summed E-state index contributed by atoms with van der Waals surface area (Å²) in [6, 6.07) is 4.49. The Morgan fingerprint density at radius 1 is 1.11 bits per heavy atom. The number of carbonyl (C=O) groups is 3. The van der Waals surface area contributed by atoms with E-state index >= 15 is 0 Å². The van der Waals surface area contributed by atoms with Gasteiger partial charge in [0.05, 0.1) is 35.8 Å². The summed E-state index contributed by atoms with van der Waals surface area (Å²) in [5.41, 5.74) is 2.79. The van der Waals surface area contributed by atoms with E-state index in [1.165, 1.54) is 16.7 Å². The molecule has 4 heterocycles. The van der Waals surface area contributed by atoms with Crippen LogP contribution in [0.25, 0.3) is 0 Å². The molecule has 1 aromatic rings. The number of amides is 2. The van der Waals surface area contributed by atoms with Crippen LogP contribution < -0.4 is 4.90 Å². The molecule has 8 heteroatoms. The number of rotatable bonds is 3. The average Bonchev–Trinajstić information content (AvgIpc) is 3.14. The van der Waals surface area contributed by atoms with Crippen molar-refractivity contribution in [2.75, 3.05) is 24.7 Å². The molecule has 4 aliphatic heterocycles. The second-order valence-electron chi connectivity index (χ2n) is 10.2. The van der Waals surface area contributed by atoms with Gasteiger partial charge in [0.15, 0.2) is 0 Å². The predicted octanol–water partition coefficient (Wildman–Crippen LogP) is 2.78. The first-order chi connectivity index (χ1) is 16.7. The SMILES string of the molecule is Cc1cccc(C)c1N1CC=C[C@]23S[C@]4(C)C=CCCOC(=O)[C@@H]4[C@H]2C(=O)N([C@H](C)CO)C3C1=O. The van der Waals surface area contributed by atoms with E-state index in [0.29, 0.717) is 13.0 Å². The molecule has 0 aliphatic carbocycles. The molecular formula is C27H32N2O5S. The molecule has 0 radical (unpaired) electrons. The molecule has 0 saturated carbocycles. The predicted molar refractivity (Wildman–Crippen MR) is 135 cm³/mol. The number of esters is 1. The lowest BCUT2D eigenvalue weighted by molar-refractivity contribution is -0.154. The van der Waals surface area contributed by atoms with Gasteiger partial charge in [-0.2, -0.15) is 0 Å². The van der Waals surface area contributed by atoms with E-state index in [2.05, 4.69) is 0 Å². The molecular weight excluding hydrogens is 464 g/mol. The molecule has 4 aliphatic rings. The zero-order valence-electron chi connectivity index (χ0n) is 20.6. The monoisotopic (exact) mass is 496 g/mol. The Balaban J connectivity index is 1.70. The second-order valence-corrected chi connectivity index (χ2v) is 12.0. The van der Waals surface area contributed by atoms with Crippen molar-refractivity contribution < 1.29 is 24.2 Å². The quantitative estimate of drug-likeness (QED) is 0.512. The minimum Gasteiger partial charge on any atom is -0.465 e. The summed E-state index contributed by atoms with van der Waals surface area (Å²) in [7, 11) is 0. The molecule has 1 spiro atoms. The molecule has 1 N–H and O–H groups in total. The summed E-state index contributed by atoms with van der Waals surface area (Å²) in [5, 5.41) is 10.1. The first kappa shape index (κ1) is 24.1. The van der Waals surface area contributed by atoms with Crippen LogP contribution in [0.15, 0.2) is 42.5 Å². The van der Waals surface area contributed by atoms with Gasteiger partial charge in [-0.15, -0.1) is 11.8 Å². The number of fused-ring (bicyclic) bond motifs is 2. The van der Waals surface area contributed by atoms with Crippen LogP contribution in [-0.4, -0.2) is 69.1 Å². The first-order valence-corrected chi connectivity index (χ1v) is 13.0. The van der Waals surface area contributed by atoms with Crippen molar-refractivity contribution in [2.24, 2.45) is 11.8 Å². The molecule has 1 unspecified atom stereocenters. The third-order valence-electron chi connectivity index (χ3n) is 7.91. The van der Waals surface area contributed by atoms with E-state index in [4.69, 9.17) is 4.74 Å². The third-order valence-corrected chi connectivity index (χ3v) is 9.70. The van der Waals surface area contributed by atoms with Gasteiger partial charge in [0.25, 0.3) is 5.91 Å². The van der Waals surface area contributed by atoms with Crippen LogP contribution in [0.3, 0.4) is 0 Å². The number of anilines is 1. The van der Waals surface area contributed by atoms with Crippen LogP contribution in [-0.2, 0) is 19.1 Å². The molecule has 0 bridgehead atoms. The Hall–Kier alpha value is -2.58. The van der Waals surface area contributed by atoms with Crippen LogP contribution in [0, 0.1) is 25.7 Å². The molecule has 2 amide bonds. The topological polar surface area (TPSA) is 87.2 Å². The Labute approximate surface area is 210 Å². The lowest BCUT2D eigenvalue weighted by Gasteiger charge is -2.39. The van der Waals surface area contributed by atoms with Gasteiger partial charge in [-0.25, -0.2) is 0 Å². The fourth-order valence-electron chi connectivity index (χ4n) is 6.42. The Bertz CT molecular complexity index is 1130.